The van der Waals surface area contributed by atoms with Crippen molar-refractivity contribution in [3.05, 3.63) is 24.2 Å². The number of guanidine groups is 1. The highest BCUT2D eigenvalue weighted by molar-refractivity contribution is 14.0. The van der Waals surface area contributed by atoms with Crippen LogP contribution in [0, 0.1) is 0 Å². The van der Waals surface area contributed by atoms with E-state index >= 15 is 0 Å². The fourth-order valence-electron chi connectivity index (χ4n) is 2.76. The lowest BCUT2D eigenvalue weighted by Crippen LogP contribution is -2.63. The number of aliphatic imine (C=N–C) groups is 1. The van der Waals surface area contributed by atoms with Crippen LogP contribution >= 0.6 is 24.0 Å². The number of aromatic nitrogens is 3. The normalized spacial score (nSPS) is 14.7. The van der Waals surface area contributed by atoms with Gasteiger partial charge in [0.1, 0.15) is 11.4 Å². The lowest BCUT2D eigenvalue weighted by molar-refractivity contribution is 0.00700. The van der Waals surface area contributed by atoms with Crippen LogP contribution in [0.15, 0.2) is 27.8 Å². The number of likely N-dealkylation sites (tertiary alicyclic amines) is 1. The Labute approximate surface area is 193 Å². The Morgan fingerprint density at radius 1 is 1.43 bits per heavy atom. The van der Waals surface area contributed by atoms with E-state index in [2.05, 4.69) is 30.8 Å². The summed E-state index contributed by atoms with van der Waals surface area (Å²) in [5, 5.41) is 13.6. The maximum atomic E-state index is 12.0. The third kappa shape index (κ3) is 6.89. The number of nitrogens with one attached hydrogen (secondary N) is 3. The monoisotopic (exact) mass is 531 g/mol. The van der Waals surface area contributed by atoms with Gasteiger partial charge < -0.3 is 24.7 Å². The van der Waals surface area contributed by atoms with Crippen molar-refractivity contribution in [3.8, 4) is 11.6 Å². The van der Waals surface area contributed by atoms with Gasteiger partial charge in [0.05, 0.1) is 12.3 Å². The number of nitrogens with zero attached hydrogens (tertiary/aromatic N) is 4. The van der Waals surface area contributed by atoms with Gasteiger partial charge in [-0.05, 0) is 39.8 Å². The second kappa shape index (κ2) is 10.6. The fourth-order valence-corrected chi connectivity index (χ4v) is 2.76. The van der Waals surface area contributed by atoms with Crippen LogP contribution in [-0.4, -0.2) is 70.0 Å². The van der Waals surface area contributed by atoms with Crippen LogP contribution in [0.1, 0.15) is 33.5 Å². The van der Waals surface area contributed by atoms with Gasteiger partial charge in [0.15, 0.2) is 11.7 Å². The van der Waals surface area contributed by atoms with Crippen LogP contribution in [0.4, 0.5) is 4.79 Å². The molecule has 166 valence electrons. The van der Waals surface area contributed by atoms with E-state index in [0.29, 0.717) is 43.6 Å². The number of aromatic amines is 1. The highest BCUT2D eigenvalue weighted by atomic mass is 127. The number of rotatable bonds is 6. The van der Waals surface area contributed by atoms with Crippen LogP contribution in [0.2, 0.25) is 0 Å². The first-order valence-electron chi connectivity index (χ1n) is 9.82. The van der Waals surface area contributed by atoms with Crippen molar-refractivity contribution in [3.63, 3.8) is 0 Å². The second-order valence-corrected chi connectivity index (χ2v) is 7.82. The first kappa shape index (κ1) is 24.0. The summed E-state index contributed by atoms with van der Waals surface area (Å²) in [4.78, 5) is 22.7. The van der Waals surface area contributed by atoms with E-state index in [4.69, 9.17) is 9.15 Å². The summed E-state index contributed by atoms with van der Waals surface area (Å²) in [6.07, 6.45) is 1.93. The van der Waals surface area contributed by atoms with Gasteiger partial charge in [0, 0.05) is 32.6 Å². The van der Waals surface area contributed by atoms with Gasteiger partial charge in [-0.25, -0.2) is 9.78 Å². The molecule has 1 saturated heterocycles. The lowest BCUT2D eigenvalue weighted by atomic mass is 10.1. The molecule has 3 N–H and O–H groups in total. The predicted octanol–water partition coefficient (Wildman–Crippen LogP) is 2.40. The van der Waals surface area contributed by atoms with Gasteiger partial charge in [-0.1, -0.05) is 0 Å². The first-order valence-corrected chi connectivity index (χ1v) is 9.82. The van der Waals surface area contributed by atoms with E-state index in [1.54, 1.807) is 17.2 Å². The average Bonchev–Trinajstić information content (AvgIpc) is 3.27. The van der Waals surface area contributed by atoms with Gasteiger partial charge in [0.25, 0.3) is 0 Å². The average molecular weight is 531 g/mol. The molecule has 1 aliphatic rings. The minimum atomic E-state index is -0.483. The third-order valence-electron chi connectivity index (χ3n) is 4.11. The number of carbonyl (C=O) groups excluding carboxylic acids is 1. The molecule has 0 atom stereocenters. The minimum Gasteiger partial charge on any atom is -0.461 e. The van der Waals surface area contributed by atoms with Crippen molar-refractivity contribution < 1.29 is 13.9 Å². The fraction of sp³-hybridized carbons (Fsp3) is 0.579. The van der Waals surface area contributed by atoms with Crippen LogP contribution in [0.5, 0.6) is 0 Å². The number of halogens is 1. The molecule has 11 heteroatoms. The molecule has 3 rings (SSSR count). The highest BCUT2D eigenvalue weighted by Crippen LogP contribution is 2.16. The molecule has 0 aromatic carbocycles. The zero-order valence-corrected chi connectivity index (χ0v) is 20.1. The van der Waals surface area contributed by atoms with E-state index in [1.807, 2.05) is 33.8 Å². The SMILES string of the molecule is CCNC(=NCCc1nc(-c2ccco2)n[nH]1)NC1CN(C(=O)OC(C)(C)C)C1.I. The number of carbonyl (C=O) groups is 1. The zero-order valence-electron chi connectivity index (χ0n) is 17.8. The van der Waals surface area contributed by atoms with Crippen molar-refractivity contribution >= 4 is 36.0 Å². The maximum absolute atomic E-state index is 12.0. The summed E-state index contributed by atoms with van der Waals surface area (Å²) in [6.45, 7) is 10.1. The third-order valence-corrected chi connectivity index (χ3v) is 4.11. The van der Waals surface area contributed by atoms with Crippen molar-refractivity contribution in [1.82, 2.24) is 30.7 Å². The summed E-state index contributed by atoms with van der Waals surface area (Å²) < 4.78 is 10.7. The summed E-state index contributed by atoms with van der Waals surface area (Å²) in [5.74, 6) is 2.63. The molecule has 0 spiro atoms. The largest absolute Gasteiger partial charge is 0.461 e. The molecule has 0 bridgehead atoms. The summed E-state index contributed by atoms with van der Waals surface area (Å²) in [5.41, 5.74) is -0.483. The van der Waals surface area contributed by atoms with Crippen molar-refractivity contribution in [1.29, 1.82) is 0 Å². The number of hydrogen-bond acceptors (Lipinski definition) is 6. The Kier molecular flexibility index (Phi) is 8.50. The Bertz CT molecular complexity index is 824. The van der Waals surface area contributed by atoms with E-state index in [-0.39, 0.29) is 36.1 Å². The number of amides is 1. The summed E-state index contributed by atoms with van der Waals surface area (Å²) in [6, 6.07) is 3.77. The number of H-pyrrole nitrogens is 1. The maximum Gasteiger partial charge on any atom is 0.410 e. The number of furan rings is 1. The van der Waals surface area contributed by atoms with Crippen LogP contribution in [0.25, 0.3) is 11.6 Å². The van der Waals surface area contributed by atoms with Gasteiger partial charge in [-0.3, -0.25) is 10.1 Å². The molecule has 0 radical (unpaired) electrons. The molecular weight excluding hydrogens is 501 g/mol. The molecule has 1 amide bonds. The van der Waals surface area contributed by atoms with E-state index in [0.717, 1.165) is 12.4 Å². The standard InChI is InChI=1S/C19H29N7O3.HI/c1-5-20-17(22-13-11-26(12-13)18(27)29-19(2,3)4)21-9-8-15-23-16(25-24-15)14-7-6-10-28-14;/h6-7,10,13H,5,8-9,11-12H2,1-4H3,(H2,20,21,22)(H,23,24,25);1H. The smallest absolute Gasteiger partial charge is 0.410 e. The molecule has 1 aliphatic heterocycles. The molecule has 3 heterocycles. The quantitative estimate of drug-likeness (QED) is 0.298. The Balaban J connectivity index is 0.00000320. The molecule has 30 heavy (non-hydrogen) atoms. The Morgan fingerprint density at radius 2 is 2.20 bits per heavy atom. The molecule has 0 aliphatic carbocycles. The van der Waals surface area contributed by atoms with Crippen molar-refractivity contribution in [2.24, 2.45) is 4.99 Å². The van der Waals surface area contributed by atoms with E-state index < -0.39 is 5.60 Å². The molecule has 2 aromatic rings. The predicted molar refractivity (Wildman–Crippen MR) is 124 cm³/mol. The molecule has 10 nitrogen and oxygen atoms in total. The van der Waals surface area contributed by atoms with Gasteiger partial charge in [0.2, 0.25) is 5.82 Å². The molecule has 0 saturated carbocycles. The molecule has 1 fully saturated rings. The lowest BCUT2D eigenvalue weighted by Gasteiger charge is -2.40. The zero-order chi connectivity index (χ0) is 20.9. The minimum absolute atomic E-state index is 0. The number of hydrogen-bond donors (Lipinski definition) is 3. The van der Waals surface area contributed by atoms with Crippen LogP contribution in [0.3, 0.4) is 0 Å². The Hall–Kier alpha value is -2.31. The van der Waals surface area contributed by atoms with E-state index in [1.165, 1.54) is 0 Å². The van der Waals surface area contributed by atoms with Crippen LogP contribution in [-0.2, 0) is 11.2 Å². The first-order chi connectivity index (χ1) is 13.8. The summed E-state index contributed by atoms with van der Waals surface area (Å²) >= 11 is 0. The van der Waals surface area contributed by atoms with Gasteiger partial charge >= 0.3 is 6.09 Å². The Morgan fingerprint density at radius 3 is 2.83 bits per heavy atom. The van der Waals surface area contributed by atoms with E-state index in [9.17, 15) is 4.79 Å². The second-order valence-electron chi connectivity index (χ2n) is 7.82. The highest BCUT2D eigenvalue weighted by Gasteiger charge is 2.34. The van der Waals surface area contributed by atoms with Crippen molar-refractivity contribution in [2.45, 2.75) is 45.8 Å². The summed E-state index contributed by atoms with van der Waals surface area (Å²) in [7, 11) is 0. The van der Waals surface area contributed by atoms with Crippen LogP contribution < -0.4 is 10.6 Å². The molecule has 2 aromatic heterocycles. The van der Waals surface area contributed by atoms with Gasteiger partial charge in [-0.15, -0.1) is 24.0 Å². The molecular formula is C19H30IN7O3. The topological polar surface area (TPSA) is 121 Å². The van der Waals surface area contributed by atoms with Gasteiger partial charge in [-0.2, -0.15) is 5.10 Å². The number of ether oxygens (including phenoxy) is 1. The molecule has 0 unspecified atom stereocenters. The van der Waals surface area contributed by atoms with Crippen molar-refractivity contribution in [2.75, 3.05) is 26.2 Å².